The molecule has 0 aromatic heterocycles. The minimum Gasteiger partial charge on any atom is -0.396 e. The van der Waals surface area contributed by atoms with E-state index in [0.29, 0.717) is 11.8 Å². The zero-order chi connectivity index (χ0) is 11.5. The van der Waals surface area contributed by atoms with Crippen LogP contribution in [0.3, 0.4) is 0 Å². The molecule has 2 aromatic rings. The molecule has 0 saturated heterocycles. The molecule has 2 rings (SSSR count). The third-order valence-corrected chi connectivity index (χ3v) is 2.57. The van der Waals surface area contributed by atoms with Gasteiger partial charge in [0, 0.05) is 12.7 Å². The van der Waals surface area contributed by atoms with E-state index in [2.05, 4.69) is 0 Å². The van der Waals surface area contributed by atoms with Crippen molar-refractivity contribution in [1.29, 1.82) is 0 Å². The molecule has 0 bridgehead atoms. The van der Waals surface area contributed by atoms with E-state index in [-0.39, 0.29) is 17.2 Å². The molecule has 4 heteroatoms. The fourth-order valence-electron chi connectivity index (χ4n) is 1.86. The normalized spacial score (nSPS) is 10.6. The third-order valence-electron chi connectivity index (χ3n) is 2.57. The van der Waals surface area contributed by atoms with Crippen LogP contribution in [0, 0.1) is 10.1 Å². The standard InChI is InChI=1S/C12H11NO3/c14-8-7-9-3-1-5-11-10(9)4-2-6-12(11)13(15)16/h1-6,14H,7-8H2. The zero-order valence-corrected chi connectivity index (χ0v) is 8.59. The topological polar surface area (TPSA) is 63.4 Å². The van der Waals surface area contributed by atoms with Gasteiger partial charge in [0.1, 0.15) is 0 Å². The van der Waals surface area contributed by atoms with E-state index in [1.807, 2.05) is 12.1 Å². The van der Waals surface area contributed by atoms with Crippen LogP contribution in [-0.4, -0.2) is 16.6 Å². The molecular weight excluding hydrogens is 206 g/mol. The average molecular weight is 217 g/mol. The van der Waals surface area contributed by atoms with Gasteiger partial charge in [-0.15, -0.1) is 0 Å². The molecule has 0 aliphatic heterocycles. The molecule has 0 saturated carbocycles. The van der Waals surface area contributed by atoms with Crippen molar-refractivity contribution in [2.75, 3.05) is 6.61 Å². The second-order valence-corrected chi connectivity index (χ2v) is 3.52. The van der Waals surface area contributed by atoms with Crippen LogP contribution in [-0.2, 0) is 6.42 Å². The van der Waals surface area contributed by atoms with Crippen molar-refractivity contribution in [1.82, 2.24) is 0 Å². The number of aliphatic hydroxyl groups excluding tert-OH is 1. The molecule has 0 amide bonds. The highest BCUT2D eigenvalue weighted by Crippen LogP contribution is 2.27. The summed E-state index contributed by atoms with van der Waals surface area (Å²) >= 11 is 0. The number of hydrogen-bond acceptors (Lipinski definition) is 3. The summed E-state index contributed by atoms with van der Waals surface area (Å²) in [7, 11) is 0. The lowest BCUT2D eigenvalue weighted by Crippen LogP contribution is -1.94. The maximum atomic E-state index is 10.8. The summed E-state index contributed by atoms with van der Waals surface area (Å²) in [6.07, 6.45) is 0.512. The van der Waals surface area contributed by atoms with Crippen molar-refractivity contribution in [2.24, 2.45) is 0 Å². The molecule has 0 aliphatic carbocycles. The fourth-order valence-corrected chi connectivity index (χ4v) is 1.86. The van der Waals surface area contributed by atoms with Gasteiger partial charge in [-0.25, -0.2) is 0 Å². The highest BCUT2D eigenvalue weighted by atomic mass is 16.6. The number of nitro benzene ring substituents is 1. The monoisotopic (exact) mass is 217 g/mol. The molecule has 0 aliphatic rings. The first-order chi connectivity index (χ1) is 7.74. The molecule has 82 valence electrons. The van der Waals surface area contributed by atoms with Crippen LogP contribution in [0.5, 0.6) is 0 Å². The van der Waals surface area contributed by atoms with E-state index in [1.165, 1.54) is 6.07 Å². The predicted octanol–water partition coefficient (Wildman–Crippen LogP) is 2.28. The van der Waals surface area contributed by atoms with Crippen LogP contribution in [0.4, 0.5) is 5.69 Å². The Bertz CT molecular complexity index is 537. The van der Waals surface area contributed by atoms with Gasteiger partial charge in [0.05, 0.1) is 10.3 Å². The Kier molecular flexibility index (Phi) is 2.83. The van der Waals surface area contributed by atoms with E-state index in [4.69, 9.17) is 5.11 Å². The van der Waals surface area contributed by atoms with Gasteiger partial charge >= 0.3 is 0 Å². The molecule has 4 nitrogen and oxygen atoms in total. The van der Waals surface area contributed by atoms with Crippen molar-refractivity contribution in [2.45, 2.75) is 6.42 Å². The zero-order valence-electron chi connectivity index (χ0n) is 8.59. The molecule has 2 aromatic carbocycles. The van der Waals surface area contributed by atoms with E-state index in [1.54, 1.807) is 18.2 Å². The molecule has 16 heavy (non-hydrogen) atoms. The Morgan fingerprint density at radius 1 is 1.12 bits per heavy atom. The van der Waals surface area contributed by atoms with E-state index < -0.39 is 0 Å². The number of non-ortho nitro benzene ring substituents is 1. The summed E-state index contributed by atoms with van der Waals surface area (Å²) in [6, 6.07) is 10.4. The van der Waals surface area contributed by atoms with Crippen LogP contribution in [0.25, 0.3) is 10.8 Å². The van der Waals surface area contributed by atoms with Gasteiger partial charge < -0.3 is 5.11 Å². The Labute approximate surface area is 92.3 Å². The van der Waals surface area contributed by atoms with E-state index in [9.17, 15) is 10.1 Å². The van der Waals surface area contributed by atoms with Gasteiger partial charge in [0.15, 0.2) is 0 Å². The number of benzene rings is 2. The second-order valence-electron chi connectivity index (χ2n) is 3.52. The van der Waals surface area contributed by atoms with Crippen LogP contribution in [0.15, 0.2) is 36.4 Å². The van der Waals surface area contributed by atoms with Gasteiger partial charge in [-0.05, 0) is 23.4 Å². The van der Waals surface area contributed by atoms with Gasteiger partial charge in [0.25, 0.3) is 5.69 Å². The van der Waals surface area contributed by atoms with Crippen molar-refractivity contribution in [3.8, 4) is 0 Å². The van der Waals surface area contributed by atoms with Crippen LogP contribution < -0.4 is 0 Å². The summed E-state index contributed by atoms with van der Waals surface area (Å²) in [6.45, 7) is 0.0435. The first-order valence-electron chi connectivity index (χ1n) is 5.00. The lowest BCUT2D eigenvalue weighted by atomic mass is 10.0. The van der Waals surface area contributed by atoms with Crippen molar-refractivity contribution < 1.29 is 10.0 Å². The molecule has 0 spiro atoms. The SMILES string of the molecule is O=[N+]([O-])c1cccc2c(CCO)cccc12. The predicted molar refractivity (Wildman–Crippen MR) is 61.4 cm³/mol. The third kappa shape index (κ3) is 1.75. The van der Waals surface area contributed by atoms with Crippen molar-refractivity contribution >= 4 is 16.5 Å². The summed E-state index contributed by atoms with van der Waals surface area (Å²) in [4.78, 5) is 10.5. The quantitative estimate of drug-likeness (QED) is 0.633. The van der Waals surface area contributed by atoms with Gasteiger partial charge in [-0.3, -0.25) is 10.1 Å². The second kappa shape index (κ2) is 4.28. The summed E-state index contributed by atoms with van der Waals surface area (Å²) in [5.74, 6) is 0. The highest BCUT2D eigenvalue weighted by Gasteiger charge is 2.12. The summed E-state index contributed by atoms with van der Waals surface area (Å²) in [5.41, 5.74) is 1.04. The number of aliphatic hydroxyl groups is 1. The number of nitrogens with zero attached hydrogens (tertiary/aromatic N) is 1. The number of nitro groups is 1. The fraction of sp³-hybridized carbons (Fsp3) is 0.167. The molecule has 0 fully saturated rings. The molecule has 0 unspecified atom stereocenters. The Balaban J connectivity index is 2.71. The molecule has 0 atom stereocenters. The number of rotatable bonds is 3. The molecule has 0 radical (unpaired) electrons. The van der Waals surface area contributed by atoms with Gasteiger partial charge in [-0.2, -0.15) is 0 Å². The maximum absolute atomic E-state index is 10.8. The number of fused-ring (bicyclic) bond motifs is 1. The smallest absolute Gasteiger partial charge is 0.277 e. The number of hydrogen-bond donors (Lipinski definition) is 1. The summed E-state index contributed by atoms with van der Waals surface area (Å²) < 4.78 is 0. The average Bonchev–Trinajstić information content (AvgIpc) is 2.29. The first kappa shape index (κ1) is 10.6. The Morgan fingerprint density at radius 3 is 2.50 bits per heavy atom. The summed E-state index contributed by atoms with van der Waals surface area (Å²) in [5, 5.41) is 21.2. The lowest BCUT2D eigenvalue weighted by molar-refractivity contribution is -0.383. The van der Waals surface area contributed by atoms with Crippen LogP contribution in [0.2, 0.25) is 0 Å². The minimum absolute atomic E-state index is 0.0435. The van der Waals surface area contributed by atoms with Crippen molar-refractivity contribution in [3.63, 3.8) is 0 Å². The van der Waals surface area contributed by atoms with Crippen LogP contribution in [0.1, 0.15) is 5.56 Å². The van der Waals surface area contributed by atoms with Gasteiger partial charge in [-0.1, -0.05) is 24.3 Å². The molecule has 0 heterocycles. The van der Waals surface area contributed by atoms with Crippen molar-refractivity contribution in [3.05, 3.63) is 52.1 Å². The van der Waals surface area contributed by atoms with Gasteiger partial charge in [0.2, 0.25) is 0 Å². The first-order valence-corrected chi connectivity index (χ1v) is 5.00. The lowest BCUT2D eigenvalue weighted by Gasteiger charge is -2.04. The maximum Gasteiger partial charge on any atom is 0.277 e. The largest absolute Gasteiger partial charge is 0.396 e. The molecule has 1 N–H and O–H groups in total. The molecular formula is C12H11NO3. The minimum atomic E-state index is -0.384. The van der Waals surface area contributed by atoms with E-state index >= 15 is 0 Å². The Morgan fingerprint density at radius 2 is 1.81 bits per heavy atom. The Hall–Kier alpha value is -1.94. The van der Waals surface area contributed by atoms with Crippen LogP contribution >= 0.6 is 0 Å². The van der Waals surface area contributed by atoms with E-state index in [0.717, 1.165) is 10.9 Å². The highest BCUT2D eigenvalue weighted by molar-refractivity contribution is 5.93.